The Bertz CT molecular complexity index is 1820. The van der Waals surface area contributed by atoms with E-state index in [0.717, 1.165) is 96.3 Å². The van der Waals surface area contributed by atoms with Gasteiger partial charge in [-0.25, -0.2) is 9.13 Å². The predicted molar refractivity (Wildman–Crippen MR) is 335 cm³/mol. The summed E-state index contributed by atoms with van der Waals surface area (Å²) in [6.07, 6.45) is 59.6. The zero-order chi connectivity index (χ0) is 61.0. The first-order valence-electron chi connectivity index (χ1n) is 32.2. The smallest absolute Gasteiger partial charge is 0.463 e. The molecule has 0 fully saturated rings. The van der Waals surface area contributed by atoms with E-state index in [9.17, 15) is 43.5 Å². The first kappa shape index (κ1) is 80.0. The summed E-state index contributed by atoms with van der Waals surface area (Å²) in [6.45, 7) is 2.51. The van der Waals surface area contributed by atoms with E-state index >= 15 is 0 Å². The Morgan fingerprint density at radius 3 is 1.01 bits per heavy atom. The molecule has 482 valence electrons. The molecule has 16 nitrogen and oxygen atoms in total. The molecule has 0 aliphatic rings. The van der Waals surface area contributed by atoms with Gasteiger partial charge in [0, 0.05) is 19.3 Å². The molecule has 0 aromatic heterocycles. The number of hydrogen-bond acceptors (Lipinski definition) is 14. The van der Waals surface area contributed by atoms with Crippen LogP contribution in [0.5, 0.6) is 0 Å². The van der Waals surface area contributed by atoms with Crippen molar-refractivity contribution < 1.29 is 75.8 Å². The van der Waals surface area contributed by atoms with E-state index < -0.39 is 91.5 Å². The number of esters is 3. The maximum Gasteiger partial charge on any atom is 0.472 e. The maximum absolute atomic E-state index is 12.9. The molecule has 0 rings (SSSR count). The lowest BCUT2D eigenvalue weighted by Crippen LogP contribution is -2.30. The molecule has 5 unspecified atom stereocenters. The van der Waals surface area contributed by atoms with Gasteiger partial charge in [-0.1, -0.05) is 248 Å². The zero-order valence-corrected chi connectivity index (χ0v) is 53.6. The molecule has 83 heavy (non-hydrogen) atoms. The van der Waals surface area contributed by atoms with Crippen molar-refractivity contribution in [3.63, 3.8) is 0 Å². The minimum absolute atomic E-state index is 0.110. The number of rotatable bonds is 61. The Morgan fingerprint density at radius 2 is 0.639 bits per heavy atom. The van der Waals surface area contributed by atoms with Gasteiger partial charge in [-0.2, -0.15) is 0 Å². The lowest BCUT2D eigenvalue weighted by molar-refractivity contribution is -0.161. The van der Waals surface area contributed by atoms with Crippen LogP contribution in [-0.2, 0) is 55.8 Å². The second-order valence-electron chi connectivity index (χ2n) is 21.6. The van der Waals surface area contributed by atoms with Crippen molar-refractivity contribution in [1.29, 1.82) is 0 Å². The molecule has 0 aromatic carbocycles. The molecule has 5 atom stereocenters. The van der Waals surface area contributed by atoms with Gasteiger partial charge in [0.2, 0.25) is 0 Å². The highest BCUT2D eigenvalue weighted by atomic mass is 31.2. The number of unbranched alkanes of at least 4 members (excludes halogenated alkanes) is 26. The monoisotopic (exact) mass is 1210 g/mol. The number of hydrogen-bond donors (Lipinski definition) is 4. The fourth-order valence-corrected chi connectivity index (χ4v) is 10.1. The van der Waals surface area contributed by atoms with Crippen molar-refractivity contribution in [3.8, 4) is 0 Å². The minimum Gasteiger partial charge on any atom is -0.463 e. The van der Waals surface area contributed by atoms with Crippen LogP contribution in [0.3, 0.4) is 0 Å². The molecule has 0 saturated carbocycles. The standard InChI is InChI=1S/C65H116O16P2/c1-4-7-10-13-16-19-22-25-26-27-28-29-30-31-32-35-37-39-42-45-48-51-63(68)75-54-60(66)55-77-82(71,72)78-56-61(67)57-79-83(73,74)80-59-62(81-65(70)53-50-47-44-41-38-34-24-21-18-15-12-9-6-3)58-76-64(69)52-49-46-43-40-36-33-23-20-17-14-11-8-5-2/h7,10,16,19,25-26,28-29,31-32,37,39,60-62,66-67H,4-6,8-9,11-15,17-18,20-24,27,30,33-36,38,40-59H2,1-3H3,(H,71,72)(H,73,74)/b10-7-,19-16-,26-25-,29-28-,32-31-,39-37-. The highest BCUT2D eigenvalue weighted by Crippen LogP contribution is 2.45. The fraction of sp³-hybridized carbons (Fsp3) is 0.769. The van der Waals surface area contributed by atoms with Crippen LogP contribution in [0.2, 0.25) is 0 Å². The number of aliphatic hydroxyl groups excluding tert-OH is 2. The van der Waals surface area contributed by atoms with Gasteiger partial charge in [-0.15, -0.1) is 0 Å². The van der Waals surface area contributed by atoms with E-state index in [1.54, 1.807) is 0 Å². The van der Waals surface area contributed by atoms with Crippen LogP contribution >= 0.6 is 15.6 Å². The Hall–Kier alpha value is -3.01. The van der Waals surface area contributed by atoms with Crippen molar-refractivity contribution in [2.24, 2.45) is 0 Å². The van der Waals surface area contributed by atoms with Crippen LogP contribution in [0.1, 0.15) is 265 Å². The first-order valence-corrected chi connectivity index (χ1v) is 35.2. The molecule has 0 amide bonds. The fourth-order valence-electron chi connectivity index (χ4n) is 8.51. The summed E-state index contributed by atoms with van der Waals surface area (Å²) in [6, 6.07) is 0. The summed E-state index contributed by atoms with van der Waals surface area (Å²) < 4.78 is 60.7. The number of phosphoric ester groups is 2. The van der Waals surface area contributed by atoms with Crippen LogP contribution in [0, 0.1) is 0 Å². The van der Waals surface area contributed by atoms with Crippen molar-refractivity contribution in [3.05, 3.63) is 72.9 Å². The third-order valence-corrected chi connectivity index (χ3v) is 15.3. The molecule has 0 bridgehead atoms. The summed E-state index contributed by atoms with van der Waals surface area (Å²) >= 11 is 0. The average molecular weight is 1220 g/mol. The first-order chi connectivity index (χ1) is 40.2. The second-order valence-corrected chi connectivity index (χ2v) is 24.5. The summed E-state index contributed by atoms with van der Waals surface area (Å²) in [7, 11) is -9.77. The summed E-state index contributed by atoms with van der Waals surface area (Å²) in [5.74, 6) is -1.60. The van der Waals surface area contributed by atoms with Crippen molar-refractivity contribution >= 4 is 33.6 Å². The maximum atomic E-state index is 12.9. The molecule has 18 heteroatoms. The van der Waals surface area contributed by atoms with E-state index in [1.165, 1.54) is 109 Å². The van der Waals surface area contributed by atoms with E-state index in [1.807, 2.05) is 0 Å². The number of carbonyl (C=O) groups excluding carboxylic acids is 3. The van der Waals surface area contributed by atoms with E-state index in [0.29, 0.717) is 19.3 Å². The molecule has 0 heterocycles. The van der Waals surface area contributed by atoms with Gasteiger partial charge in [-0.3, -0.25) is 32.5 Å². The number of phosphoric acid groups is 2. The van der Waals surface area contributed by atoms with E-state index in [-0.39, 0.29) is 19.3 Å². The molecule has 0 radical (unpaired) electrons. The van der Waals surface area contributed by atoms with Crippen molar-refractivity contribution in [1.82, 2.24) is 0 Å². The largest absolute Gasteiger partial charge is 0.472 e. The second kappa shape index (κ2) is 59.3. The molecular weight excluding hydrogens is 1100 g/mol. The lowest BCUT2D eigenvalue weighted by atomic mass is 10.0. The zero-order valence-electron chi connectivity index (χ0n) is 51.9. The summed E-state index contributed by atoms with van der Waals surface area (Å²) in [5.41, 5.74) is 0. The SMILES string of the molecule is CC/C=C\C/C=C\C/C=C\C/C=C\C/C=C\C/C=C\CCCCC(=O)OCC(O)COP(=O)(O)OCC(O)COP(=O)(O)OCC(COC(=O)CCCCCCCCCCCCCCC)OC(=O)CCCCCCCCCCCCCCC. The van der Waals surface area contributed by atoms with E-state index in [4.69, 9.17) is 32.3 Å². The highest BCUT2D eigenvalue weighted by Gasteiger charge is 2.29. The minimum atomic E-state index is -4.91. The predicted octanol–water partition coefficient (Wildman–Crippen LogP) is 17.2. The number of ether oxygens (including phenoxy) is 3. The summed E-state index contributed by atoms with van der Waals surface area (Å²) in [4.78, 5) is 58.2. The third kappa shape index (κ3) is 60.5. The van der Waals surface area contributed by atoms with E-state index in [2.05, 4.69) is 93.7 Å². The number of allylic oxidation sites excluding steroid dienone is 12. The Kier molecular flexibility index (Phi) is 57.2. The van der Waals surface area contributed by atoms with Gasteiger partial charge in [0.15, 0.2) is 6.10 Å². The molecule has 0 aromatic rings. The highest BCUT2D eigenvalue weighted by molar-refractivity contribution is 7.47. The van der Waals surface area contributed by atoms with Crippen LogP contribution in [0.15, 0.2) is 72.9 Å². The number of carbonyl (C=O) groups is 3. The van der Waals surface area contributed by atoms with Crippen LogP contribution in [0.25, 0.3) is 0 Å². The van der Waals surface area contributed by atoms with Gasteiger partial charge in [0.1, 0.15) is 25.4 Å². The van der Waals surface area contributed by atoms with Gasteiger partial charge < -0.3 is 34.2 Å². The van der Waals surface area contributed by atoms with Crippen LogP contribution in [-0.4, -0.2) is 95.9 Å². The topological polar surface area (TPSA) is 231 Å². The third-order valence-electron chi connectivity index (χ3n) is 13.4. The van der Waals surface area contributed by atoms with Gasteiger partial charge in [0.05, 0.1) is 26.4 Å². The Morgan fingerprint density at radius 1 is 0.349 bits per heavy atom. The molecule has 0 spiro atoms. The normalized spacial score (nSPS) is 14.8. The van der Waals surface area contributed by atoms with Gasteiger partial charge >= 0.3 is 33.6 Å². The molecular formula is C65H116O16P2. The average Bonchev–Trinajstić information content (AvgIpc) is 3.47. The Balaban J connectivity index is 4.62. The van der Waals surface area contributed by atoms with Gasteiger partial charge in [-0.05, 0) is 70.6 Å². The summed E-state index contributed by atoms with van der Waals surface area (Å²) in [5, 5.41) is 20.5. The van der Waals surface area contributed by atoms with Crippen LogP contribution in [0.4, 0.5) is 0 Å². The Labute approximate surface area is 503 Å². The molecule has 0 saturated heterocycles. The van der Waals surface area contributed by atoms with Crippen molar-refractivity contribution in [2.75, 3.05) is 39.6 Å². The quantitative estimate of drug-likeness (QED) is 0.0146. The molecule has 4 N–H and O–H groups in total. The van der Waals surface area contributed by atoms with Crippen molar-refractivity contribution in [2.45, 2.75) is 283 Å². The lowest BCUT2D eigenvalue weighted by Gasteiger charge is -2.21. The molecule has 0 aliphatic heterocycles. The number of aliphatic hydroxyl groups is 2. The molecule has 0 aliphatic carbocycles. The van der Waals surface area contributed by atoms with Crippen LogP contribution < -0.4 is 0 Å². The van der Waals surface area contributed by atoms with Gasteiger partial charge in [0.25, 0.3) is 0 Å².